The van der Waals surface area contributed by atoms with Crippen LogP contribution < -0.4 is 59.8 Å². The average Bonchev–Trinajstić information content (AvgIpc) is 3.29. The van der Waals surface area contributed by atoms with Gasteiger partial charge >= 0.3 is 5.97 Å². The molecule has 4 N–H and O–H groups in total. The smallest absolute Gasteiger partial charge is 0.347 e. The highest BCUT2D eigenvalue weighted by Gasteiger charge is 2.20. The number of rotatable bonds is 18. The van der Waals surface area contributed by atoms with E-state index >= 15 is 0 Å². The molecule has 1 saturated heterocycles. The van der Waals surface area contributed by atoms with E-state index in [-0.39, 0.29) is 22.7 Å². The van der Waals surface area contributed by atoms with Crippen molar-refractivity contribution in [2.45, 2.75) is 19.3 Å². The number of nitrogens with zero attached hydrogens (tertiary/aromatic N) is 2. The number of hydrogen-bond donors (Lipinski definition) is 4. The zero-order chi connectivity index (χ0) is 42.6. The van der Waals surface area contributed by atoms with E-state index in [2.05, 4.69) is 32.7 Å². The number of non-ortho nitro benzene ring substituents is 1. The lowest BCUT2D eigenvalue weighted by Crippen LogP contribution is -2.29. The third-order valence-corrected chi connectivity index (χ3v) is 9.78. The third-order valence-electron chi connectivity index (χ3n) is 9.78. The summed E-state index contributed by atoms with van der Waals surface area (Å²) in [6.45, 7) is 2.08. The van der Waals surface area contributed by atoms with Crippen LogP contribution >= 0.6 is 0 Å². The quantitative estimate of drug-likeness (QED) is 0.0217. The maximum Gasteiger partial charge on any atom is 0.347 e. The van der Waals surface area contributed by atoms with Gasteiger partial charge in [0.25, 0.3) is 5.69 Å². The standard InChI is InChI=1S/C44H48N6O10/c1-54-37-22-29(13-18-35(37)44(51)60-33-26-38(55-2)34(39(27-33)56-3)17-12-28-10-14-31(15-11-28)50(52)53)45-48-43-41(58-5)23-30(24-42(43)59-6)46-47-36-19-16-32(25-40(36)57-4)49-20-8-7-9-21-49/h10-19,22-27,45-48H,7-9,20-21H2,1-6H3/b17-12+. The normalized spacial score (nSPS) is 12.3. The van der Waals surface area contributed by atoms with Crippen molar-refractivity contribution in [2.75, 3.05) is 82.4 Å². The summed E-state index contributed by atoms with van der Waals surface area (Å²) in [5.74, 6) is 2.15. The van der Waals surface area contributed by atoms with Crippen molar-refractivity contribution >= 4 is 52.2 Å². The summed E-state index contributed by atoms with van der Waals surface area (Å²) >= 11 is 0. The minimum atomic E-state index is -0.680. The van der Waals surface area contributed by atoms with Crippen LogP contribution in [0.25, 0.3) is 12.2 Å². The Morgan fingerprint density at radius 1 is 0.617 bits per heavy atom. The summed E-state index contributed by atoms with van der Waals surface area (Å²) in [6.07, 6.45) is 7.14. The van der Waals surface area contributed by atoms with E-state index in [4.69, 9.17) is 33.2 Å². The molecule has 5 aromatic rings. The van der Waals surface area contributed by atoms with Gasteiger partial charge in [-0.2, -0.15) is 0 Å². The van der Waals surface area contributed by atoms with Crippen LogP contribution in [0.4, 0.5) is 34.1 Å². The second-order valence-electron chi connectivity index (χ2n) is 13.4. The summed E-state index contributed by atoms with van der Waals surface area (Å²) in [5.41, 5.74) is 17.8. The molecular weight excluding hydrogens is 773 g/mol. The summed E-state index contributed by atoms with van der Waals surface area (Å²) in [6, 6.07) is 23.8. The molecule has 1 aliphatic heterocycles. The fourth-order valence-corrected chi connectivity index (χ4v) is 6.64. The summed E-state index contributed by atoms with van der Waals surface area (Å²) in [4.78, 5) is 26.4. The van der Waals surface area contributed by atoms with E-state index in [9.17, 15) is 14.9 Å². The zero-order valence-corrected chi connectivity index (χ0v) is 34.3. The molecule has 6 rings (SSSR count). The Kier molecular flexibility index (Phi) is 13.9. The molecule has 0 unspecified atom stereocenters. The minimum absolute atomic E-state index is 0.00972. The Bertz CT molecular complexity index is 2280. The van der Waals surface area contributed by atoms with Gasteiger partial charge in [0.15, 0.2) is 0 Å². The van der Waals surface area contributed by atoms with Gasteiger partial charge in [-0.25, -0.2) is 4.79 Å². The first kappa shape index (κ1) is 42.1. The number of methoxy groups -OCH3 is 6. The Balaban J connectivity index is 1.12. The van der Waals surface area contributed by atoms with Crippen molar-refractivity contribution in [3.8, 4) is 40.2 Å². The molecule has 0 atom stereocenters. The Labute approximate surface area is 348 Å². The number of anilines is 5. The predicted octanol–water partition coefficient (Wildman–Crippen LogP) is 8.90. The number of hydrazine groups is 2. The molecular formula is C44H48N6O10. The van der Waals surface area contributed by atoms with E-state index < -0.39 is 10.9 Å². The first-order valence-corrected chi connectivity index (χ1v) is 19.0. The minimum Gasteiger partial charge on any atom is -0.496 e. The molecule has 1 heterocycles. The van der Waals surface area contributed by atoms with Gasteiger partial charge in [-0.05, 0) is 67.3 Å². The van der Waals surface area contributed by atoms with Crippen LogP contribution in [-0.4, -0.2) is 66.6 Å². The molecule has 16 heteroatoms. The van der Waals surface area contributed by atoms with Crippen molar-refractivity contribution in [1.82, 2.24) is 0 Å². The molecule has 0 aromatic heterocycles. The van der Waals surface area contributed by atoms with Crippen molar-refractivity contribution in [1.29, 1.82) is 0 Å². The number of nitrogens with one attached hydrogen (secondary N) is 4. The molecule has 5 aromatic carbocycles. The number of esters is 1. The number of ether oxygens (including phenoxy) is 7. The summed E-state index contributed by atoms with van der Waals surface area (Å²) < 4.78 is 39.7. The first-order valence-electron chi connectivity index (χ1n) is 19.0. The zero-order valence-electron chi connectivity index (χ0n) is 34.3. The van der Waals surface area contributed by atoms with Crippen molar-refractivity contribution in [3.63, 3.8) is 0 Å². The molecule has 1 fully saturated rings. The highest BCUT2D eigenvalue weighted by Crippen LogP contribution is 2.40. The monoisotopic (exact) mass is 820 g/mol. The second-order valence-corrected chi connectivity index (χ2v) is 13.4. The SMILES string of the molecule is COc1cc(N2CCCCC2)ccc1NNc1cc(OC)c(NNc2ccc(C(=O)Oc3cc(OC)c(/C=C/c4ccc([N+](=O)[O-])cc4)c(OC)c3)c(OC)c2)c(OC)c1. The van der Waals surface area contributed by atoms with Crippen LogP contribution in [0, 0.1) is 10.1 Å². The molecule has 0 bridgehead atoms. The van der Waals surface area contributed by atoms with Gasteiger partial charge in [0.05, 0.1) is 70.2 Å². The number of hydrogen-bond acceptors (Lipinski definition) is 15. The number of nitro benzene ring substituents is 1. The van der Waals surface area contributed by atoms with E-state index in [1.807, 2.05) is 12.1 Å². The lowest BCUT2D eigenvalue weighted by atomic mass is 10.1. The number of benzene rings is 5. The summed E-state index contributed by atoms with van der Waals surface area (Å²) in [5, 5.41) is 11.0. The number of carbonyl (C=O) groups is 1. The average molecular weight is 821 g/mol. The van der Waals surface area contributed by atoms with Crippen LogP contribution in [-0.2, 0) is 0 Å². The Morgan fingerprint density at radius 2 is 1.22 bits per heavy atom. The molecule has 0 amide bonds. The lowest BCUT2D eigenvalue weighted by molar-refractivity contribution is -0.384. The predicted molar refractivity (Wildman–Crippen MR) is 233 cm³/mol. The summed E-state index contributed by atoms with van der Waals surface area (Å²) in [7, 11) is 9.17. The highest BCUT2D eigenvalue weighted by atomic mass is 16.6. The molecule has 1 aliphatic rings. The van der Waals surface area contributed by atoms with E-state index in [0.717, 1.165) is 30.0 Å². The highest BCUT2D eigenvalue weighted by molar-refractivity contribution is 5.95. The van der Waals surface area contributed by atoms with Crippen LogP contribution in [0.15, 0.2) is 84.9 Å². The van der Waals surface area contributed by atoms with Gasteiger partial charge < -0.3 is 48.9 Å². The molecule has 0 radical (unpaired) electrons. The van der Waals surface area contributed by atoms with Gasteiger partial charge in [-0.15, -0.1) is 0 Å². The fourth-order valence-electron chi connectivity index (χ4n) is 6.64. The Hall–Kier alpha value is -7.49. The van der Waals surface area contributed by atoms with Crippen LogP contribution in [0.5, 0.6) is 40.2 Å². The Morgan fingerprint density at radius 3 is 1.82 bits per heavy atom. The van der Waals surface area contributed by atoms with E-state index in [0.29, 0.717) is 51.4 Å². The van der Waals surface area contributed by atoms with Crippen LogP contribution in [0.2, 0.25) is 0 Å². The maximum atomic E-state index is 13.5. The van der Waals surface area contributed by atoms with E-state index in [1.54, 1.807) is 88.1 Å². The van der Waals surface area contributed by atoms with Crippen LogP contribution in [0.3, 0.4) is 0 Å². The molecule has 60 heavy (non-hydrogen) atoms. The number of carbonyl (C=O) groups excluding carboxylic acids is 1. The van der Waals surface area contributed by atoms with Gasteiger partial charge in [0.2, 0.25) is 0 Å². The largest absolute Gasteiger partial charge is 0.496 e. The maximum absolute atomic E-state index is 13.5. The van der Waals surface area contributed by atoms with Gasteiger partial charge in [-0.1, -0.05) is 6.08 Å². The molecule has 16 nitrogen and oxygen atoms in total. The van der Waals surface area contributed by atoms with Gasteiger partial charge in [0, 0.05) is 67.3 Å². The van der Waals surface area contributed by atoms with Gasteiger partial charge in [-0.3, -0.25) is 21.0 Å². The van der Waals surface area contributed by atoms with Crippen molar-refractivity contribution < 1.29 is 42.9 Å². The molecule has 314 valence electrons. The molecule has 0 spiro atoms. The topological polar surface area (TPSA) is 176 Å². The number of nitro groups is 1. The molecule has 0 saturated carbocycles. The number of piperidine rings is 1. The third kappa shape index (κ3) is 9.96. The van der Waals surface area contributed by atoms with Crippen LogP contribution in [0.1, 0.15) is 40.7 Å². The molecule has 0 aliphatic carbocycles. The van der Waals surface area contributed by atoms with E-state index in [1.165, 1.54) is 52.7 Å². The fraction of sp³-hybridized carbons (Fsp3) is 0.250. The van der Waals surface area contributed by atoms with Gasteiger partial charge in [0.1, 0.15) is 51.5 Å². The van der Waals surface area contributed by atoms with Crippen molar-refractivity contribution in [3.05, 3.63) is 112 Å². The lowest BCUT2D eigenvalue weighted by Gasteiger charge is -2.29. The van der Waals surface area contributed by atoms with Crippen molar-refractivity contribution in [2.24, 2.45) is 0 Å². The second kappa shape index (κ2) is 19.8. The first-order chi connectivity index (χ1) is 29.2.